The molecule has 0 saturated carbocycles. The molecule has 0 aliphatic heterocycles. The van der Waals surface area contributed by atoms with E-state index in [1.54, 1.807) is 0 Å². The van der Waals surface area contributed by atoms with Crippen LogP contribution in [-0.4, -0.2) is 0 Å². The second-order valence-corrected chi connectivity index (χ2v) is 4.58. The van der Waals surface area contributed by atoms with E-state index in [-0.39, 0.29) is 0 Å². The van der Waals surface area contributed by atoms with Crippen LogP contribution in [0.1, 0.15) is 23.8 Å². The minimum absolute atomic E-state index is 0.487. The van der Waals surface area contributed by atoms with Crippen molar-refractivity contribution in [1.82, 2.24) is 0 Å². The number of allylic oxidation sites excluding steroid dienone is 2. The van der Waals surface area contributed by atoms with Gasteiger partial charge in [0.25, 0.3) is 0 Å². The fourth-order valence-electron chi connectivity index (χ4n) is 2.48. The Hall–Kier alpha value is -1.24. The Morgan fingerprint density at radius 2 is 2.27 bits per heavy atom. The lowest BCUT2D eigenvalue weighted by molar-refractivity contribution is 0.371. The van der Waals surface area contributed by atoms with Gasteiger partial charge in [0.15, 0.2) is 0 Å². The lowest BCUT2D eigenvalue weighted by Crippen LogP contribution is -2.24. The van der Waals surface area contributed by atoms with Crippen LogP contribution < -0.4 is 0 Å². The highest BCUT2D eigenvalue weighted by Gasteiger charge is 2.29. The van der Waals surface area contributed by atoms with E-state index in [0.29, 0.717) is 11.8 Å². The van der Waals surface area contributed by atoms with E-state index in [9.17, 15) is 0 Å². The van der Waals surface area contributed by atoms with Crippen molar-refractivity contribution in [2.45, 2.75) is 26.7 Å². The van der Waals surface area contributed by atoms with Crippen molar-refractivity contribution < 1.29 is 4.42 Å². The van der Waals surface area contributed by atoms with Gasteiger partial charge in [-0.2, -0.15) is 0 Å². The van der Waals surface area contributed by atoms with Crippen LogP contribution in [0.25, 0.3) is 0 Å². The molecular weight excluding hydrogens is 184 g/mol. The number of hydrogen-bond acceptors (Lipinski definition) is 1. The van der Waals surface area contributed by atoms with Crippen molar-refractivity contribution in [3.63, 3.8) is 0 Å². The monoisotopic (exact) mass is 202 g/mol. The molecule has 1 heterocycles. The van der Waals surface area contributed by atoms with E-state index >= 15 is 0 Å². The van der Waals surface area contributed by atoms with Crippen LogP contribution in [0.15, 0.2) is 35.5 Å². The molecule has 0 bridgehead atoms. The third-order valence-electron chi connectivity index (χ3n) is 3.49. The van der Waals surface area contributed by atoms with E-state index in [1.807, 2.05) is 12.3 Å². The van der Waals surface area contributed by atoms with Crippen LogP contribution in [0.3, 0.4) is 0 Å². The van der Waals surface area contributed by atoms with Crippen LogP contribution in [-0.2, 0) is 12.8 Å². The molecule has 1 aliphatic carbocycles. The van der Waals surface area contributed by atoms with Gasteiger partial charge in [0.1, 0.15) is 5.76 Å². The van der Waals surface area contributed by atoms with Crippen molar-refractivity contribution in [3.8, 4) is 0 Å². The summed E-state index contributed by atoms with van der Waals surface area (Å²) in [6.07, 6.45) is 5.94. The fraction of sp³-hybridized carbons (Fsp3) is 0.429. The molecule has 1 heteroatoms. The maximum Gasteiger partial charge on any atom is 0.107 e. The smallest absolute Gasteiger partial charge is 0.107 e. The average Bonchev–Trinajstić information content (AvgIpc) is 2.58. The number of hydrogen-bond donors (Lipinski definition) is 0. The second kappa shape index (κ2) is 3.73. The molecule has 0 aromatic carbocycles. The van der Waals surface area contributed by atoms with Crippen molar-refractivity contribution in [3.05, 3.63) is 48.0 Å². The largest absolute Gasteiger partial charge is 0.469 e. The first-order chi connectivity index (χ1) is 7.13. The van der Waals surface area contributed by atoms with E-state index in [4.69, 9.17) is 4.42 Å². The minimum Gasteiger partial charge on any atom is -0.469 e. The van der Waals surface area contributed by atoms with Crippen LogP contribution in [0.5, 0.6) is 0 Å². The molecule has 2 atom stereocenters. The Morgan fingerprint density at radius 3 is 2.87 bits per heavy atom. The van der Waals surface area contributed by atoms with E-state index < -0.39 is 0 Å². The molecule has 1 aromatic heterocycles. The summed E-state index contributed by atoms with van der Waals surface area (Å²) >= 11 is 0. The predicted octanol–water partition coefficient (Wildman–Crippen LogP) is 3.68. The molecule has 0 amide bonds. The number of furan rings is 1. The molecule has 0 radical (unpaired) electrons. The number of aryl methyl sites for hydroxylation is 1. The Morgan fingerprint density at radius 1 is 1.53 bits per heavy atom. The Bertz CT molecular complexity index is 397. The van der Waals surface area contributed by atoms with Crippen LogP contribution in [0.2, 0.25) is 0 Å². The van der Waals surface area contributed by atoms with Crippen molar-refractivity contribution in [1.29, 1.82) is 0 Å². The van der Waals surface area contributed by atoms with E-state index in [0.717, 1.165) is 18.6 Å². The third-order valence-corrected chi connectivity index (χ3v) is 3.49. The zero-order chi connectivity index (χ0) is 11.0. The maximum absolute atomic E-state index is 5.57. The van der Waals surface area contributed by atoms with Crippen LogP contribution in [0, 0.1) is 18.8 Å². The van der Waals surface area contributed by atoms with Gasteiger partial charge in [0, 0.05) is 6.42 Å². The van der Waals surface area contributed by atoms with Gasteiger partial charge < -0.3 is 4.42 Å². The van der Waals surface area contributed by atoms with Gasteiger partial charge in [-0.05, 0) is 43.2 Å². The molecule has 0 N–H and O–H groups in total. The predicted molar refractivity (Wildman–Crippen MR) is 62.8 cm³/mol. The molecule has 1 nitrogen and oxygen atoms in total. The summed E-state index contributed by atoms with van der Waals surface area (Å²) in [6, 6.07) is 0. The average molecular weight is 202 g/mol. The minimum atomic E-state index is 0.487. The zero-order valence-electron chi connectivity index (χ0n) is 9.55. The van der Waals surface area contributed by atoms with E-state index in [1.165, 1.54) is 16.7 Å². The molecular formula is C14H18O. The van der Waals surface area contributed by atoms with Crippen molar-refractivity contribution >= 4 is 0 Å². The van der Waals surface area contributed by atoms with Gasteiger partial charge in [-0.1, -0.05) is 18.2 Å². The summed E-state index contributed by atoms with van der Waals surface area (Å²) < 4.78 is 5.57. The second-order valence-electron chi connectivity index (χ2n) is 4.58. The van der Waals surface area contributed by atoms with Gasteiger partial charge in [0.05, 0.1) is 6.26 Å². The van der Waals surface area contributed by atoms with Crippen LogP contribution in [0.4, 0.5) is 0 Å². The van der Waals surface area contributed by atoms with Gasteiger partial charge in [-0.15, -0.1) is 6.58 Å². The summed E-state index contributed by atoms with van der Waals surface area (Å²) in [6.45, 7) is 12.2. The lowest BCUT2D eigenvalue weighted by Gasteiger charge is -2.29. The number of rotatable bonds is 2. The normalized spacial score (nSPS) is 24.7. The van der Waals surface area contributed by atoms with Crippen molar-refractivity contribution in [2.24, 2.45) is 11.8 Å². The first kappa shape index (κ1) is 10.3. The molecule has 2 rings (SSSR count). The standard InChI is InChI=1S/C14H18O/c1-5-11-6-14-13(10(4)8-15-14)7-12(11)9(2)3/h5,8,11-12H,1-2,6-7H2,3-4H3. The van der Waals surface area contributed by atoms with Gasteiger partial charge in [-0.25, -0.2) is 0 Å². The van der Waals surface area contributed by atoms with E-state index in [2.05, 4.69) is 27.0 Å². The quantitative estimate of drug-likeness (QED) is 0.667. The molecule has 1 aromatic rings. The molecule has 1 aliphatic rings. The van der Waals surface area contributed by atoms with Gasteiger partial charge >= 0.3 is 0 Å². The van der Waals surface area contributed by atoms with Gasteiger partial charge in [0.2, 0.25) is 0 Å². The fourth-order valence-corrected chi connectivity index (χ4v) is 2.48. The maximum atomic E-state index is 5.57. The Labute approximate surface area is 91.5 Å². The highest BCUT2D eigenvalue weighted by molar-refractivity contribution is 5.32. The summed E-state index contributed by atoms with van der Waals surface area (Å²) in [7, 11) is 0. The highest BCUT2D eigenvalue weighted by atomic mass is 16.3. The molecule has 0 fully saturated rings. The van der Waals surface area contributed by atoms with Gasteiger partial charge in [-0.3, -0.25) is 0 Å². The van der Waals surface area contributed by atoms with Crippen molar-refractivity contribution in [2.75, 3.05) is 0 Å². The first-order valence-corrected chi connectivity index (χ1v) is 5.47. The summed E-state index contributed by atoms with van der Waals surface area (Å²) in [5, 5.41) is 0. The molecule has 0 spiro atoms. The third kappa shape index (κ3) is 1.67. The SMILES string of the molecule is C=CC1Cc2occ(C)c2CC1C(=C)C. The Kier molecular flexibility index (Phi) is 2.56. The molecule has 15 heavy (non-hydrogen) atoms. The summed E-state index contributed by atoms with van der Waals surface area (Å²) in [5.41, 5.74) is 3.92. The highest BCUT2D eigenvalue weighted by Crippen LogP contribution is 2.36. The number of fused-ring (bicyclic) bond motifs is 1. The topological polar surface area (TPSA) is 13.1 Å². The summed E-state index contributed by atoms with van der Waals surface area (Å²) in [4.78, 5) is 0. The summed E-state index contributed by atoms with van der Waals surface area (Å²) in [5.74, 6) is 2.17. The Balaban J connectivity index is 2.36. The zero-order valence-corrected chi connectivity index (χ0v) is 9.55. The molecule has 80 valence electrons. The van der Waals surface area contributed by atoms with Crippen LogP contribution >= 0.6 is 0 Å². The lowest BCUT2D eigenvalue weighted by atomic mass is 9.75. The first-order valence-electron chi connectivity index (χ1n) is 5.47. The molecule has 0 saturated heterocycles. The molecule has 2 unspecified atom stereocenters.